The van der Waals surface area contributed by atoms with Crippen LogP contribution in [0.4, 0.5) is 0 Å². The number of ether oxygens (including phenoxy) is 2. The number of carbonyl (C=O) groups excluding carboxylic acids is 1. The van der Waals surface area contributed by atoms with E-state index in [9.17, 15) is 9.90 Å². The Morgan fingerprint density at radius 2 is 1.79 bits per heavy atom. The SMILES string of the molecule is COc1ccc(C=Cc2[nH]nc3ccc(C(=O)N[C@H](CO)c4ccccc4)c(OC)c23)cc1. The van der Waals surface area contributed by atoms with Crippen molar-refractivity contribution in [3.8, 4) is 11.5 Å². The first-order chi connectivity index (χ1) is 16.1. The lowest BCUT2D eigenvalue weighted by Gasteiger charge is -2.18. The maximum atomic E-state index is 13.1. The molecule has 0 saturated heterocycles. The summed E-state index contributed by atoms with van der Waals surface area (Å²) in [4.78, 5) is 13.1. The van der Waals surface area contributed by atoms with Crippen LogP contribution in [0, 0.1) is 0 Å². The quantitative estimate of drug-likeness (QED) is 0.379. The lowest BCUT2D eigenvalue weighted by atomic mass is 10.0. The largest absolute Gasteiger partial charge is 0.497 e. The maximum Gasteiger partial charge on any atom is 0.255 e. The number of aromatic nitrogens is 2. The lowest BCUT2D eigenvalue weighted by molar-refractivity contribution is 0.0913. The molecule has 3 N–H and O–H groups in total. The van der Waals surface area contributed by atoms with Crippen LogP contribution in [0.3, 0.4) is 0 Å². The number of aliphatic hydroxyl groups is 1. The topological polar surface area (TPSA) is 96.5 Å². The first-order valence-electron chi connectivity index (χ1n) is 10.5. The van der Waals surface area contributed by atoms with Gasteiger partial charge in [-0.3, -0.25) is 9.89 Å². The van der Waals surface area contributed by atoms with E-state index in [0.29, 0.717) is 27.9 Å². The molecule has 3 aromatic carbocycles. The number of fused-ring (bicyclic) bond motifs is 1. The van der Waals surface area contributed by atoms with Gasteiger partial charge in [0.05, 0.1) is 49.0 Å². The number of hydrogen-bond acceptors (Lipinski definition) is 5. The molecule has 0 bridgehead atoms. The number of nitrogens with one attached hydrogen (secondary N) is 2. The zero-order chi connectivity index (χ0) is 23.2. The summed E-state index contributed by atoms with van der Waals surface area (Å²) in [6, 6.07) is 19.9. The molecule has 1 amide bonds. The van der Waals surface area contributed by atoms with Gasteiger partial charge in [0.1, 0.15) is 11.5 Å². The van der Waals surface area contributed by atoms with Crippen LogP contribution in [0.2, 0.25) is 0 Å². The first kappa shape index (κ1) is 22.1. The van der Waals surface area contributed by atoms with Crippen LogP contribution in [0.25, 0.3) is 23.1 Å². The second-order valence-electron chi connectivity index (χ2n) is 7.40. The van der Waals surface area contributed by atoms with E-state index in [2.05, 4.69) is 15.5 Å². The normalized spacial score (nSPS) is 12.1. The fraction of sp³-hybridized carbons (Fsp3) is 0.154. The van der Waals surface area contributed by atoms with E-state index in [0.717, 1.165) is 16.9 Å². The van der Waals surface area contributed by atoms with Gasteiger partial charge in [-0.05, 0) is 41.5 Å². The molecule has 0 saturated carbocycles. The molecule has 0 aliphatic carbocycles. The number of nitrogens with zero attached hydrogens (tertiary/aromatic N) is 1. The minimum atomic E-state index is -0.530. The highest BCUT2D eigenvalue weighted by Gasteiger charge is 2.21. The zero-order valence-electron chi connectivity index (χ0n) is 18.4. The summed E-state index contributed by atoms with van der Waals surface area (Å²) in [7, 11) is 3.15. The standard InChI is InChI=1S/C26H25N3O4/c1-32-19-11-8-17(9-12-19)10-14-21-24-22(29-28-21)15-13-20(25(24)33-2)26(31)27-23(16-30)18-6-4-3-5-7-18/h3-15,23,30H,16H2,1-2H3,(H,27,31)(H,28,29)/t23-/m1/s1. The number of aliphatic hydroxyl groups excluding tert-OH is 1. The molecule has 0 aliphatic heterocycles. The summed E-state index contributed by atoms with van der Waals surface area (Å²) in [6.07, 6.45) is 3.83. The van der Waals surface area contributed by atoms with Gasteiger partial charge in [-0.25, -0.2) is 0 Å². The lowest BCUT2D eigenvalue weighted by Crippen LogP contribution is -2.31. The highest BCUT2D eigenvalue weighted by Crippen LogP contribution is 2.32. The van der Waals surface area contributed by atoms with Crippen LogP contribution in [-0.4, -0.2) is 42.0 Å². The van der Waals surface area contributed by atoms with E-state index in [1.807, 2.05) is 66.7 Å². The van der Waals surface area contributed by atoms with Crippen molar-refractivity contribution in [3.63, 3.8) is 0 Å². The van der Waals surface area contributed by atoms with E-state index in [-0.39, 0.29) is 12.5 Å². The molecule has 0 spiro atoms. The molecule has 0 fully saturated rings. The zero-order valence-corrected chi connectivity index (χ0v) is 18.4. The van der Waals surface area contributed by atoms with Gasteiger partial charge < -0.3 is 19.9 Å². The summed E-state index contributed by atoms with van der Waals surface area (Å²) in [5.74, 6) is 0.856. The number of hydrogen-bond donors (Lipinski definition) is 3. The van der Waals surface area contributed by atoms with Gasteiger partial charge in [0.15, 0.2) is 0 Å². The summed E-state index contributed by atoms with van der Waals surface area (Å²) < 4.78 is 10.8. The Labute approximate surface area is 191 Å². The number of H-pyrrole nitrogens is 1. The molecule has 7 nitrogen and oxygen atoms in total. The number of aromatic amines is 1. The Bertz CT molecular complexity index is 1260. The Kier molecular flexibility index (Phi) is 6.71. The molecule has 1 aromatic heterocycles. The Hall–Kier alpha value is -4.10. The van der Waals surface area contributed by atoms with E-state index in [1.54, 1.807) is 19.2 Å². The van der Waals surface area contributed by atoms with Gasteiger partial charge in [-0.1, -0.05) is 48.5 Å². The fourth-order valence-electron chi connectivity index (χ4n) is 3.66. The molecular weight excluding hydrogens is 418 g/mol. The average Bonchev–Trinajstić information content (AvgIpc) is 3.29. The van der Waals surface area contributed by atoms with Crippen molar-refractivity contribution in [2.24, 2.45) is 0 Å². The van der Waals surface area contributed by atoms with Crippen molar-refractivity contribution in [1.82, 2.24) is 15.5 Å². The van der Waals surface area contributed by atoms with E-state index < -0.39 is 6.04 Å². The summed E-state index contributed by atoms with van der Waals surface area (Å²) in [6.45, 7) is -0.220. The molecule has 4 aromatic rings. The van der Waals surface area contributed by atoms with Crippen LogP contribution >= 0.6 is 0 Å². The van der Waals surface area contributed by atoms with E-state index in [1.165, 1.54) is 7.11 Å². The number of carbonyl (C=O) groups is 1. The van der Waals surface area contributed by atoms with Crippen molar-refractivity contribution in [1.29, 1.82) is 0 Å². The number of rotatable bonds is 8. The fourth-order valence-corrected chi connectivity index (χ4v) is 3.66. The van der Waals surface area contributed by atoms with Crippen molar-refractivity contribution < 1.29 is 19.4 Å². The molecule has 1 heterocycles. The Morgan fingerprint density at radius 1 is 1.03 bits per heavy atom. The second kappa shape index (κ2) is 10.0. The Balaban J connectivity index is 1.65. The number of benzene rings is 3. The maximum absolute atomic E-state index is 13.1. The van der Waals surface area contributed by atoms with Crippen molar-refractivity contribution in [2.45, 2.75) is 6.04 Å². The van der Waals surface area contributed by atoms with E-state index >= 15 is 0 Å². The number of amides is 1. The van der Waals surface area contributed by atoms with Crippen LogP contribution in [0.1, 0.15) is 33.2 Å². The average molecular weight is 444 g/mol. The molecule has 168 valence electrons. The third-order valence-electron chi connectivity index (χ3n) is 5.40. The van der Waals surface area contributed by atoms with Crippen molar-refractivity contribution >= 4 is 29.0 Å². The second-order valence-corrected chi connectivity index (χ2v) is 7.40. The first-order valence-corrected chi connectivity index (χ1v) is 10.5. The smallest absolute Gasteiger partial charge is 0.255 e. The van der Waals surface area contributed by atoms with Crippen LogP contribution < -0.4 is 14.8 Å². The highest BCUT2D eigenvalue weighted by molar-refractivity contribution is 6.05. The van der Waals surface area contributed by atoms with Gasteiger partial charge in [-0.2, -0.15) is 5.10 Å². The Morgan fingerprint density at radius 3 is 2.45 bits per heavy atom. The van der Waals surface area contributed by atoms with Crippen molar-refractivity contribution in [2.75, 3.05) is 20.8 Å². The summed E-state index contributed by atoms with van der Waals surface area (Å²) in [5.41, 5.74) is 3.56. The molecule has 4 rings (SSSR count). The summed E-state index contributed by atoms with van der Waals surface area (Å²) in [5, 5.41) is 20.8. The molecular formula is C26H25N3O4. The summed E-state index contributed by atoms with van der Waals surface area (Å²) >= 11 is 0. The van der Waals surface area contributed by atoms with Gasteiger partial charge in [0, 0.05) is 0 Å². The molecule has 0 unspecified atom stereocenters. The molecule has 0 aliphatic rings. The molecule has 7 heteroatoms. The monoisotopic (exact) mass is 443 g/mol. The third kappa shape index (κ3) is 4.73. The predicted octanol–water partition coefficient (Wildman–Crippen LogP) is 4.21. The van der Waals surface area contributed by atoms with Gasteiger partial charge in [0.2, 0.25) is 0 Å². The van der Waals surface area contributed by atoms with Crippen LogP contribution in [0.15, 0.2) is 66.7 Å². The minimum Gasteiger partial charge on any atom is -0.497 e. The van der Waals surface area contributed by atoms with Gasteiger partial charge in [0.25, 0.3) is 5.91 Å². The predicted molar refractivity (Wildman–Crippen MR) is 128 cm³/mol. The third-order valence-corrected chi connectivity index (χ3v) is 5.40. The van der Waals surface area contributed by atoms with Gasteiger partial charge in [-0.15, -0.1) is 0 Å². The van der Waals surface area contributed by atoms with Crippen LogP contribution in [0.5, 0.6) is 11.5 Å². The van der Waals surface area contributed by atoms with E-state index in [4.69, 9.17) is 9.47 Å². The number of methoxy groups -OCH3 is 2. The van der Waals surface area contributed by atoms with Crippen LogP contribution in [-0.2, 0) is 0 Å². The highest BCUT2D eigenvalue weighted by atomic mass is 16.5. The minimum absolute atomic E-state index is 0.220. The molecule has 33 heavy (non-hydrogen) atoms. The molecule has 1 atom stereocenters. The molecule has 0 radical (unpaired) electrons. The van der Waals surface area contributed by atoms with Gasteiger partial charge >= 0.3 is 0 Å². The van der Waals surface area contributed by atoms with Crippen molar-refractivity contribution in [3.05, 3.63) is 89.1 Å².